The first-order valence-electron chi connectivity index (χ1n) is 6.57. The van der Waals surface area contributed by atoms with Gasteiger partial charge in [-0.15, -0.1) is 0 Å². The van der Waals surface area contributed by atoms with E-state index in [1.54, 1.807) is 0 Å². The average Bonchev–Trinajstić information content (AvgIpc) is 2.38. The number of hydrogen-bond acceptors (Lipinski definition) is 4. The van der Waals surface area contributed by atoms with E-state index in [0.29, 0.717) is 12.8 Å². The molecule has 0 spiro atoms. The third-order valence-electron chi connectivity index (χ3n) is 3.60. The molecule has 20 heavy (non-hydrogen) atoms. The number of anilines is 1. The van der Waals surface area contributed by atoms with E-state index in [0.717, 1.165) is 18.9 Å². The topological polar surface area (TPSA) is 92.4 Å². The zero-order valence-corrected chi connectivity index (χ0v) is 12.1. The molecule has 0 aliphatic heterocycles. The van der Waals surface area contributed by atoms with Crippen molar-refractivity contribution in [1.29, 1.82) is 0 Å². The molecule has 0 heterocycles. The third-order valence-corrected chi connectivity index (χ3v) is 5.07. The van der Waals surface area contributed by atoms with Crippen LogP contribution in [0.4, 0.5) is 10.1 Å². The monoisotopic (exact) mass is 302 g/mol. The number of aliphatic hydroxyl groups is 1. The van der Waals surface area contributed by atoms with Crippen LogP contribution in [-0.2, 0) is 10.0 Å². The fourth-order valence-corrected chi connectivity index (χ4v) is 3.86. The van der Waals surface area contributed by atoms with Crippen LogP contribution in [0.3, 0.4) is 0 Å². The van der Waals surface area contributed by atoms with Gasteiger partial charge in [0.15, 0.2) is 0 Å². The van der Waals surface area contributed by atoms with Gasteiger partial charge in [0.05, 0.1) is 16.7 Å². The van der Waals surface area contributed by atoms with E-state index in [1.165, 1.54) is 13.0 Å². The minimum atomic E-state index is -3.81. The smallest absolute Gasteiger partial charge is 0.240 e. The van der Waals surface area contributed by atoms with Crippen molar-refractivity contribution in [2.75, 3.05) is 5.73 Å². The summed E-state index contributed by atoms with van der Waals surface area (Å²) in [5.74, 6) is -0.610. The van der Waals surface area contributed by atoms with E-state index in [-0.39, 0.29) is 16.1 Å². The maximum absolute atomic E-state index is 13.4. The predicted molar refractivity (Wildman–Crippen MR) is 74.1 cm³/mol. The minimum absolute atomic E-state index is 0.0772. The molecule has 2 atom stereocenters. The largest absolute Gasteiger partial charge is 0.396 e. The quantitative estimate of drug-likeness (QED) is 0.734. The van der Waals surface area contributed by atoms with Gasteiger partial charge >= 0.3 is 0 Å². The average molecular weight is 302 g/mol. The van der Waals surface area contributed by atoms with Gasteiger partial charge in [0.2, 0.25) is 10.0 Å². The van der Waals surface area contributed by atoms with Crippen LogP contribution in [0.25, 0.3) is 0 Å². The Morgan fingerprint density at radius 1 is 1.35 bits per heavy atom. The molecule has 2 rings (SSSR count). The Kier molecular flexibility index (Phi) is 4.31. The summed E-state index contributed by atoms with van der Waals surface area (Å²) >= 11 is 0. The predicted octanol–water partition coefficient (Wildman–Crippen LogP) is 1.30. The normalized spacial score (nSPS) is 23.8. The number of nitrogens with two attached hydrogens (primary N) is 1. The van der Waals surface area contributed by atoms with E-state index in [4.69, 9.17) is 5.73 Å². The number of aliphatic hydroxyl groups excluding tert-OH is 1. The summed E-state index contributed by atoms with van der Waals surface area (Å²) in [4.78, 5) is -0.0772. The lowest BCUT2D eigenvalue weighted by Crippen LogP contribution is -2.44. The molecule has 0 unspecified atom stereocenters. The van der Waals surface area contributed by atoms with Crippen molar-refractivity contribution in [3.05, 3.63) is 23.5 Å². The molecule has 112 valence electrons. The first kappa shape index (κ1) is 15.2. The number of sulfonamides is 1. The Hall–Kier alpha value is -1.18. The molecule has 1 saturated carbocycles. The summed E-state index contributed by atoms with van der Waals surface area (Å²) in [5.41, 5.74) is 5.44. The molecule has 1 fully saturated rings. The third kappa shape index (κ3) is 3.11. The van der Waals surface area contributed by atoms with Crippen LogP contribution in [0, 0.1) is 12.7 Å². The van der Waals surface area contributed by atoms with Crippen molar-refractivity contribution in [1.82, 2.24) is 4.72 Å². The van der Waals surface area contributed by atoms with E-state index in [1.807, 2.05) is 0 Å². The van der Waals surface area contributed by atoms with Crippen LogP contribution < -0.4 is 10.5 Å². The molecular formula is C13H19FN2O3S. The van der Waals surface area contributed by atoms with E-state index in [2.05, 4.69) is 4.72 Å². The van der Waals surface area contributed by atoms with Gasteiger partial charge in [-0.2, -0.15) is 0 Å². The maximum atomic E-state index is 13.4. The van der Waals surface area contributed by atoms with Crippen LogP contribution in [0.2, 0.25) is 0 Å². The highest BCUT2D eigenvalue weighted by atomic mass is 32.2. The molecule has 1 aliphatic rings. The SMILES string of the molecule is Cc1cc(S(=O)(=O)N[C@@H]2CCCC[C@H]2O)cc(N)c1F. The van der Waals surface area contributed by atoms with Crippen LogP contribution in [-0.4, -0.2) is 25.7 Å². The summed E-state index contributed by atoms with van der Waals surface area (Å²) in [6.07, 6.45) is 2.25. The molecule has 0 saturated heterocycles. The summed E-state index contributed by atoms with van der Waals surface area (Å²) in [6.45, 7) is 1.46. The molecule has 1 aromatic carbocycles. The van der Waals surface area contributed by atoms with Crippen molar-refractivity contribution >= 4 is 15.7 Å². The van der Waals surface area contributed by atoms with Crippen LogP contribution in [0.15, 0.2) is 17.0 Å². The number of benzene rings is 1. The van der Waals surface area contributed by atoms with Gasteiger partial charge in [0, 0.05) is 6.04 Å². The highest BCUT2D eigenvalue weighted by molar-refractivity contribution is 7.89. The first-order chi connectivity index (χ1) is 9.31. The second-order valence-electron chi connectivity index (χ2n) is 5.22. The lowest BCUT2D eigenvalue weighted by Gasteiger charge is -2.28. The molecule has 5 nitrogen and oxygen atoms in total. The zero-order valence-electron chi connectivity index (χ0n) is 11.3. The summed E-state index contributed by atoms with van der Waals surface area (Å²) < 4.78 is 40.4. The number of halogens is 1. The Balaban J connectivity index is 2.26. The molecule has 4 N–H and O–H groups in total. The lowest BCUT2D eigenvalue weighted by molar-refractivity contribution is 0.101. The number of aryl methyl sites for hydroxylation is 1. The molecule has 1 aromatic rings. The Labute approximate surface area is 118 Å². The maximum Gasteiger partial charge on any atom is 0.240 e. The van der Waals surface area contributed by atoms with Crippen molar-refractivity contribution in [2.24, 2.45) is 0 Å². The van der Waals surface area contributed by atoms with Crippen molar-refractivity contribution in [2.45, 2.75) is 49.6 Å². The number of rotatable bonds is 3. The van der Waals surface area contributed by atoms with E-state index >= 15 is 0 Å². The molecule has 7 heteroatoms. The molecule has 1 aliphatic carbocycles. The molecule has 0 bridgehead atoms. The minimum Gasteiger partial charge on any atom is -0.396 e. The van der Waals surface area contributed by atoms with Gasteiger partial charge in [-0.25, -0.2) is 17.5 Å². The lowest BCUT2D eigenvalue weighted by atomic mass is 9.93. The van der Waals surface area contributed by atoms with Gasteiger partial charge in [0.25, 0.3) is 0 Å². The first-order valence-corrected chi connectivity index (χ1v) is 8.05. The fourth-order valence-electron chi connectivity index (χ4n) is 2.43. The standard InChI is InChI=1S/C13H19FN2O3S/c1-8-6-9(7-10(15)13(8)14)20(18,19)16-11-4-2-3-5-12(11)17/h6-7,11-12,16-17H,2-5,15H2,1H3/t11-,12-/m1/s1. The highest BCUT2D eigenvalue weighted by Crippen LogP contribution is 2.23. The second-order valence-corrected chi connectivity index (χ2v) is 6.94. The number of nitrogen functional groups attached to an aromatic ring is 1. The Morgan fingerprint density at radius 3 is 2.60 bits per heavy atom. The van der Waals surface area contributed by atoms with Gasteiger partial charge in [-0.1, -0.05) is 12.8 Å². The molecule has 0 aromatic heterocycles. The number of nitrogens with one attached hydrogen (secondary N) is 1. The molecular weight excluding hydrogens is 283 g/mol. The van der Waals surface area contributed by atoms with Crippen molar-refractivity contribution in [3.8, 4) is 0 Å². The van der Waals surface area contributed by atoms with Gasteiger partial charge in [0.1, 0.15) is 5.82 Å². The Bertz CT molecular complexity index is 581. The zero-order chi connectivity index (χ0) is 14.9. The fraction of sp³-hybridized carbons (Fsp3) is 0.538. The van der Waals surface area contributed by atoms with Crippen LogP contribution in [0.5, 0.6) is 0 Å². The van der Waals surface area contributed by atoms with Crippen LogP contribution >= 0.6 is 0 Å². The summed E-state index contributed by atoms with van der Waals surface area (Å²) in [5, 5.41) is 9.82. The number of hydrogen-bond donors (Lipinski definition) is 3. The second kappa shape index (κ2) is 5.67. The summed E-state index contributed by atoms with van der Waals surface area (Å²) in [7, 11) is -3.81. The highest BCUT2D eigenvalue weighted by Gasteiger charge is 2.28. The van der Waals surface area contributed by atoms with Gasteiger partial charge < -0.3 is 10.8 Å². The van der Waals surface area contributed by atoms with Gasteiger partial charge in [-0.3, -0.25) is 0 Å². The van der Waals surface area contributed by atoms with Gasteiger partial charge in [-0.05, 0) is 37.5 Å². The molecule has 0 amide bonds. The van der Waals surface area contributed by atoms with E-state index in [9.17, 15) is 17.9 Å². The van der Waals surface area contributed by atoms with E-state index < -0.39 is 28.0 Å². The molecule has 0 radical (unpaired) electrons. The summed E-state index contributed by atoms with van der Waals surface area (Å²) in [6, 6.07) is 1.84. The Morgan fingerprint density at radius 2 is 2.00 bits per heavy atom. The van der Waals surface area contributed by atoms with Crippen molar-refractivity contribution in [3.63, 3.8) is 0 Å². The van der Waals surface area contributed by atoms with Crippen LogP contribution in [0.1, 0.15) is 31.2 Å². The van der Waals surface area contributed by atoms with Crippen molar-refractivity contribution < 1.29 is 17.9 Å².